The van der Waals surface area contributed by atoms with Gasteiger partial charge in [-0.15, -0.1) is 0 Å². The Morgan fingerprint density at radius 1 is 1.20 bits per heavy atom. The van der Waals surface area contributed by atoms with Crippen molar-refractivity contribution in [2.75, 3.05) is 0 Å². The molecule has 0 saturated carbocycles. The second-order valence-corrected chi connectivity index (χ2v) is 8.74. The highest BCUT2D eigenvalue weighted by Gasteiger charge is 2.70. The molecule has 0 aromatic heterocycles. The molecule has 25 heavy (non-hydrogen) atoms. The summed E-state index contributed by atoms with van der Waals surface area (Å²) in [7, 11) is 0. The topological polar surface area (TPSA) is 46.5 Å². The van der Waals surface area contributed by atoms with Gasteiger partial charge in [-0.25, -0.2) is 4.79 Å². The fraction of sp³-hybridized carbons (Fsp3) is 0.591. The van der Waals surface area contributed by atoms with Gasteiger partial charge in [-0.1, -0.05) is 50.6 Å². The normalized spacial score (nSPS) is 46.2. The highest BCUT2D eigenvalue weighted by atomic mass is 16.5. The lowest BCUT2D eigenvalue weighted by atomic mass is 9.50. The standard InChI is InChI=1S/C22H30O3/c1-8-13(2)18-21(6)12-14(3)17-20(5,10-9-16(23)24)11-15(4)19(25-18)22(17,21)7/h8-12,17-19H,1-7H3,(H,23,24)/b10-9-,13-8-/t17?,18?,19?,20-,21+,22-/m0/s1. The number of carbonyl (C=O) groups is 1. The van der Waals surface area contributed by atoms with Crippen molar-refractivity contribution in [1.29, 1.82) is 0 Å². The molecule has 1 saturated heterocycles. The van der Waals surface area contributed by atoms with Gasteiger partial charge in [0.15, 0.2) is 0 Å². The Bertz CT molecular complexity index is 740. The molecule has 3 rings (SSSR count). The van der Waals surface area contributed by atoms with Crippen molar-refractivity contribution in [3.05, 3.63) is 47.1 Å². The fourth-order valence-corrected chi connectivity index (χ4v) is 6.20. The third-order valence-electron chi connectivity index (χ3n) is 7.13. The van der Waals surface area contributed by atoms with Crippen LogP contribution in [-0.4, -0.2) is 23.3 Å². The maximum atomic E-state index is 11.1. The highest BCUT2D eigenvalue weighted by molar-refractivity contribution is 5.80. The minimum absolute atomic E-state index is 0.0570. The molecule has 3 aliphatic rings. The van der Waals surface area contributed by atoms with Gasteiger partial charge in [0.25, 0.3) is 0 Å². The summed E-state index contributed by atoms with van der Waals surface area (Å²) in [5, 5.41) is 9.15. The summed E-state index contributed by atoms with van der Waals surface area (Å²) < 4.78 is 6.62. The summed E-state index contributed by atoms with van der Waals surface area (Å²) in [6, 6.07) is 0. The molecule has 0 amide bonds. The maximum Gasteiger partial charge on any atom is 0.328 e. The van der Waals surface area contributed by atoms with E-state index in [1.807, 2.05) is 6.08 Å². The molecule has 0 aromatic carbocycles. The van der Waals surface area contributed by atoms with Gasteiger partial charge < -0.3 is 9.84 Å². The molecule has 1 fully saturated rings. The van der Waals surface area contributed by atoms with Crippen LogP contribution in [0.25, 0.3) is 0 Å². The smallest absolute Gasteiger partial charge is 0.328 e. The molecule has 0 radical (unpaired) electrons. The van der Waals surface area contributed by atoms with Crippen molar-refractivity contribution in [2.45, 2.75) is 60.7 Å². The predicted octanol–water partition coefficient (Wildman–Crippen LogP) is 4.92. The monoisotopic (exact) mass is 342 g/mol. The minimum Gasteiger partial charge on any atom is -0.478 e. The van der Waals surface area contributed by atoms with E-state index in [9.17, 15) is 4.79 Å². The minimum atomic E-state index is -0.896. The first-order chi connectivity index (χ1) is 11.5. The van der Waals surface area contributed by atoms with Crippen LogP contribution in [0.4, 0.5) is 0 Å². The van der Waals surface area contributed by atoms with Gasteiger partial charge in [0, 0.05) is 28.2 Å². The van der Waals surface area contributed by atoms with Crippen LogP contribution in [-0.2, 0) is 9.53 Å². The molecule has 2 aliphatic carbocycles. The zero-order chi connectivity index (χ0) is 18.8. The summed E-state index contributed by atoms with van der Waals surface area (Å²) in [6.07, 6.45) is 10.0. The van der Waals surface area contributed by atoms with Gasteiger partial charge in [-0.3, -0.25) is 0 Å². The van der Waals surface area contributed by atoms with Crippen LogP contribution in [0.5, 0.6) is 0 Å². The molecule has 0 spiro atoms. The summed E-state index contributed by atoms with van der Waals surface area (Å²) in [6.45, 7) is 15.3. The number of allylic oxidation sites excluding steroid dienone is 4. The lowest BCUT2D eigenvalue weighted by Gasteiger charge is -2.52. The molecule has 1 N–H and O–H groups in total. The van der Waals surface area contributed by atoms with E-state index < -0.39 is 5.97 Å². The maximum absolute atomic E-state index is 11.1. The quantitative estimate of drug-likeness (QED) is 0.585. The summed E-state index contributed by atoms with van der Waals surface area (Å²) in [5.74, 6) is -0.670. The summed E-state index contributed by atoms with van der Waals surface area (Å²) >= 11 is 0. The van der Waals surface area contributed by atoms with Crippen molar-refractivity contribution in [3.8, 4) is 0 Å². The van der Waals surface area contributed by atoms with Crippen LogP contribution in [0, 0.1) is 22.2 Å². The van der Waals surface area contributed by atoms with Crippen molar-refractivity contribution < 1.29 is 14.6 Å². The van der Waals surface area contributed by atoms with Crippen LogP contribution in [0.1, 0.15) is 48.5 Å². The molecule has 6 atom stereocenters. The number of hydrogen-bond acceptors (Lipinski definition) is 2. The van der Waals surface area contributed by atoms with Gasteiger partial charge in [0.1, 0.15) is 0 Å². The van der Waals surface area contributed by atoms with E-state index in [0.29, 0.717) is 0 Å². The molecular formula is C22H30O3. The van der Waals surface area contributed by atoms with Crippen LogP contribution in [0.2, 0.25) is 0 Å². The third-order valence-corrected chi connectivity index (χ3v) is 7.13. The van der Waals surface area contributed by atoms with Gasteiger partial charge in [-0.2, -0.15) is 0 Å². The molecule has 3 unspecified atom stereocenters. The Hall–Kier alpha value is -1.61. The van der Waals surface area contributed by atoms with Gasteiger partial charge >= 0.3 is 5.97 Å². The van der Waals surface area contributed by atoms with Gasteiger partial charge in [-0.05, 0) is 38.8 Å². The zero-order valence-corrected chi connectivity index (χ0v) is 16.4. The van der Waals surface area contributed by atoms with E-state index in [1.165, 1.54) is 22.8 Å². The Balaban J connectivity index is 2.21. The number of carboxylic acids is 1. The van der Waals surface area contributed by atoms with Crippen LogP contribution >= 0.6 is 0 Å². The molecule has 1 aliphatic heterocycles. The van der Waals surface area contributed by atoms with E-state index in [-0.39, 0.29) is 34.4 Å². The Labute approximate surface area is 151 Å². The molecule has 3 heteroatoms. The van der Waals surface area contributed by atoms with Crippen molar-refractivity contribution in [3.63, 3.8) is 0 Å². The van der Waals surface area contributed by atoms with E-state index >= 15 is 0 Å². The van der Waals surface area contributed by atoms with Crippen LogP contribution in [0.3, 0.4) is 0 Å². The lowest BCUT2D eigenvalue weighted by molar-refractivity contribution is -0.131. The zero-order valence-electron chi connectivity index (χ0n) is 16.4. The average molecular weight is 342 g/mol. The van der Waals surface area contributed by atoms with Crippen molar-refractivity contribution >= 4 is 5.97 Å². The second-order valence-electron chi connectivity index (χ2n) is 8.74. The third kappa shape index (κ3) is 2.18. The number of carboxylic acid groups (broad SMARTS) is 1. The van der Waals surface area contributed by atoms with E-state index in [2.05, 4.69) is 66.7 Å². The van der Waals surface area contributed by atoms with Crippen LogP contribution in [0.15, 0.2) is 47.1 Å². The highest BCUT2D eigenvalue weighted by Crippen LogP contribution is 2.71. The molecule has 3 nitrogen and oxygen atoms in total. The van der Waals surface area contributed by atoms with E-state index in [0.717, 1.165) is 0 Å². The number of hydrogen-bond donors (Lipinski definition) is 1. The first-order valence-corrected chi connectivity index (χ1v) is 9.10. The Kier molecular flexibility index (Phi) is 3.96. The lowest BCUT2D eigenvalue weighted by Crippen LogP contribution is -2.51. The predicted molar refractivity (Wildman–Crippen MR) is 100 cm³/mol. The van der Waals surface area contributed by atoms with Crippen molar-refractivity contribution in [2.24, 2.45) is 22.2 Å². The molecule has 0 aromatic rings. The number of aliphatic carboxylic acids is 1. The first kappa shape index (κ1) is 18.2. The van der Waals surface area contributed by atoms with E-state index in [4.69, 9.17) is 9.84 Å². The summed E-state index contributed by atoms with van der Waals surface area (Å²) in [4.78, 5) is 11.1. The van der Waals surface area contributed by atoms with Gasteiger partial charge in [0.05, 0.1) is 12.2 Å². The average Bonchev–Trinajstić information content (AvgIpc) is 2.86. The molecule has 0 bridgehead atoms. The van der Waals surface area contributed by atoms with Crippen LogP contribution < -0.4 is 0 Å². The molecule has 136 valence electrons. The van der Waals surface area contributed by atoms with Gasteiger partial charge in [0.2, 0.25) is 0 Å². The second kappa shape index (κ2) is 5.44. The largest absolute Gasteiger partial charge is 0.478 e. The SMILES string of the molecule is C/C=C(/C)C1OC2C(C)=C[C@](C)(/C=C\C(=O)O)C3C(C)=C[C@@]1(C)[C@]23C. The number of ether oxygens (including phenoxy) is 1. The Morgan fingerprint density at radius 3 is 2.40 bits per heavy atom. The van der Waals surface area contributed by atoms with E-state index in [1.54, 1.807) is 0 Å². The Morgan fingerprint density at radius 2 is 1.84 bits per heavy atom. The number of rotatable bonds is 3. The summed E-state index contributed by atoms with van der Waals surface area (Å²) in [5.41, 5.74) is 3.29. The molecule has 1 heterocycles. The first-order valence-electron chi connectivity index (χ1n) is 9.10. The molecular weight excluding hydrogens is 312 g/mol. The van der Waals surface area contributed by atoms with Crippen molar-refractivity contribution in [1.82, 2.24) is 0 Å². The fourth-order valence-electron chi connectivity index (χ4n) is 6.20.